The van der Waals surface area contributed by atoms with Crippen LogP contribution in [-0.2, 0) is 0 Å². The highest BCUT2D eigenvalue weighted by Crippen LogP contribution is 2.34. The topological polar surface area (TPSA) is 0 Å². The molecule has 0 aliphatic rings. The summed E-state index contributed by atoms with van der Waals surface area (Å²) in [6, 6.07) is 8.65. The lowest BCUT2D eigenvalue weighted by molar-refractivity contribution is 0.882. The van der Waals surface area contributed by atoms with E-state index in [-0.39, 0.29) is 0 Å². The number of benzene rings is 1. The Morgan fingerprint density at radius 1 is 1.15 bits per heavy atom. The molecule has 0 aliphatic carbocycles. The standard InChI is InChI=1S/C12H14S/c1-8(2)12-9(3)10-6-4-5-7-11(10)13-12/h4-8H,1-3H3. The molecule has 0 unspecified atom stereocenters. The van der Waals surface area contributed by atoms with E-state index in [9.17, 15) is 0 Å². The number of hydrogen-bond acceptors (Lipinski definition) is 1. The molecule has 0 fully saturated rings. The number of hydrogen-bond donors (Lipinski definition) is 0. The van der Waals surface area contributed by atoms with Crippen LogP contribution in [0.4, 0.5) is 0 Å². The van der Waals surface area contributed by atoms with Gasteiger partial charge >= 0.3 is 0 Å². The molecule has 1 heterocycles. The lowest BCUT2D eigenvalue weighted by Crippen LogP contribution is -1.83. The second-order valence-corrected chi connectivity index (χ2v) is 4.83. The van der Waals surface area contributed by atoms with Gasteiger partial charge in [0.25, 0.3) is 0 Å². The van der Waals surface area contributed by atoms with Crippen molar-refractivity contribution in [2.75, 3.05) is 0 Å². The Morgan fingerprint density at radius 2 is 1.85 bits per heavy atom. The highest BCUT2D eigenvalue weighted by atomic mass is 32.1. The van der Waals surface area contributed by atoms with Crippen molar-refractivity contribution in [2.24, 2.45) is 0 Å². The molecular formula is C12H14S. The maximum absolute atomic E-state index is 2.26. The zero-order valence-corrected chi connectivity index (χ0v) is 9.11. The van der Waals surface area contributed by atoms with E-state index in [4.69, 9.17) is 0 Å². The molecule has 0 nitrogen and oxygen atoms in total. The van der Waals surface area contributed by atoms with Crippen LogP contribution in [0.3, 0.4) is 0 Å². The van der Waals surface area contributed by atoms with Crippen LogP contribution in [0.2, 0.25) is 0 Å². The van der Waals surface area contributed by atoms with Crippen molar-refractivity contribution >= 4 is 21.4 Å². The molecule has 0 bridgehead atoms. The van der Waals surface area contributed by atoms with Crippen LogP contribution in [0.5, 0.6) is 0 Å². The van der Waals surface area contributed by atoms with Crippen molar-refractivity contribution in [3.8, 4) is 0 Å². The van der Waals surface area contributed by atoms with E-state index in [0.29, 0.717) is 5.92 Å². The fraction of sp³-hybridized carbons (Fsp3) is 0.333. The minimum atomic E-state index is 0.650. The van der Waals surface area contributed by atoms with Gasteiger partial charge in [-0.2, -0.15) is 0 Å². The summed E-state index contributed by atoms with van der Waals surface area (Å²) in [6.07, 6.45) is 0. The summed E-state index contributed by atoms with van der Waals surface area (Å²) in [4.78, 5) is 1.53. The first kappa shape index (κ1) is 8.76. The SMILES string of the molecule is Cc1c(C(C)C)sc2ccccc12. The fourth-order valence-electron chi connectivity index (χ4n) is 1.74. The van der Waals surface area contributed by atoms with Crippen molar-refractivity contribution in [2.45, 2.75) is 26.7 Å². The minimum absolute atomic E-state index is 0.650. The number of fused-ring (bicyclic) bond motifs is 1. The number of rotatable bonds is 1. The van der Waals surface area contributed by atoms with Crippen LogP contribution in [0.15, 0.2) is 24.3 Å². The van der Waals surface area contributed by atoms with Gasteiger partial charge in [0, 0.05) is 9.58 Å². The molecule has 68 valence electrons. The summed E-state index contributed by atoms with van der Waals surface area (Å²) in [5.74, 6) is 0.650. The van der Waals surface area contributed by atoms with Gasteiger partial charge in [0.1, 0.15) is 0 Å². The number of thiophene rings is 1. The first-order valence-corrected chi connectivity index (χ1v) is 5.50. The van der Waals surface area contributed by atoms with Gasteiger partial charge in [0.2, 0.25) is 0 Å². The molecule has 0 saturated carbocycles. The third kappa shape index (κ3) is 1.37. The third-order valence-corrected chi connectivity index (χ3v) is 3.98. The van der Waals surface area contributed by atoms with Gasteiger partial charge < -0.3 is 0 Å². The summed E-state index contributed by atoms with van der Waals surface area (Å²) < 4.78 is 1.42. The van der Waals surface area contributed by atoms with Crippen molar-refractivity contribution in [1.29, 1.82) is 0 Å². The van der Waals surface area contributed by atoms with Gasteiger partial charge in [-0.15, -0.1) is 11.3 Å². The van der Waals surface area contributed by atoms with Crippen LogP contribution in [0.25, 0.3) is 10.1 Å². The molecule has 0 atom stereocenters. The Balaban J connectivity index is 2.74. The third-order valence-electron chi connectivity index (χ3n) is 2.40. The smallest absolute Gasteiger partial charge is 0.0348 e. The lowest BCUT2D eigenvalue weighted by Gasteiger charge is -2.01. The summed E-state index contributed by atoms with van der Waals surface area (Å²) in [6.45, 7) is 6.75. The molecule has 0 saturated heterocycles. The molecule has 1 aromatic heterocycles. The van der Waals surface area contributed by atoms with Gasteiger partial charge in [-0.25, -0.2) is 0 Å². The van der Waals surface area contributed by atoms with E-state index in [1.54, 1.807) is 0 Å². The average Bonchev–Trinajstić information content (AvgIpc) is 2.45. The second kappa shape index (κ2) is 3.15. The highest BCUT2D eigenvalue weighted by molar-refractivity contribution is 7.19. The molecule has 13 heavy (non-hydrogen) atoms. The molecule has 1 heteroatoms. The van der Waals surface area contributed by atoms with Crippen LogP contribution < -0.4 is 0 Å². The zero-order chi connectivity index (χ0) is 9.42. The molecular weight excluding hydrogens is 176 g/mol. The van der Waals surface area contributed by atoms with Gasteiger partial charge in [0.05, 0.1) is 0 Å². The monoisotopic (exact) mass is 190 g/mol. The van der Waals surface area contributed by atoms with Crippen molar-refractivity contribution in [3.05, 3.63) is 34.7 Å². The van der Waals surface area contributed by atoms with E-state index in [0.717, 1.165) is 0 Å². The Labute approximate surface area is 83.2 Å². The van der Waals surface area contributed by atoms with E-state index in [1.807, 2.05) is 11.3 Å². The van der Waals surface area contributed by atoms with Gasteiger partial charge in [-0.05, 0) is 29.9 Å². The van der Waals surface area contributed by atoms with Crippen LogP contribution >= 0.6 is 11.3 Å². The molecule has 0 N–H and O–H groups in total. The summed E-state index contributed by atoms with van der Waals surface area (Å²) in [5, 5.41) is 1.43. The first-order valence-electron chi connectivity index (χ1n) is 4.68. The quantitative estimate of drug-likeness (QED) is 0.627. The van der Waals surface area contributed by atoms with Crippen molar-refractivity contribution in [3.63, 3.8) is 0 Å². The second-order valence-electron chi connectivity index (χ2n) is 3.74. The molecule has 0 aliphatic heterocycles. The average molecular weight is 190 g/mol. The van der Waals surface area contributed by atoms with Gasteiger partial charge in [-0.1, -0.05) is 32.0 Å². The molecule has 0 spiro atoms. The molecule has 0 radical (unpaired) electrons. The largest absolute Gasteiger partial charge is 0.140 e. The van der Waals surface area contributed by atoms with Crippen molar-refractivity contribution in [1.82, 2.24) is 0 Å². The van der Waals surface area contributed by atoms with Crippen LogP contribution in [0.1, 0.15) is 30.2 Å². The van der Waals surface area contributed by atoms with E-state index < -0.39 is 0 Å². The normalized spacial score (nSPS) is 11.4. The summed E-state index contributed by atoms with van der Waals surface area (Å²) in [5.41, 5.74) is 1.47. The Morgan fingerprint density at radius 3 is 2.46 bits per heavy atom. The Bertz CT molecular complexity index is 424. The van der Waals surface area contributed by atoms with Gasteiger partial charge in [-0.3, -0.25) is 0 Å². The molecule has 1 aromatic carbocycles. The Kier molecular flexibility index (Phi) is 2.12. The van der Waals surface area contributed by atoms with E-state index >= 15 is 0 Å². The molecule has 0 amide bonds. The van der Waals surface area contributed by atoms with E-state index in [1.165, 1.54) is 20.5 Å². The zero-order valence-electron chi connectivity index (χ0n) is 8.29. The Hall–Kier alpha value is -0.820. The minimum Gasteiger partial charge on any atom is -0.140 e. The van der Waals surface area contributed by atoms with Crippen LogP contribution in [-0.4, -0.2) is 0 Å². The van der Waals surface area contributed by atoms with Gasteiger partial charge in [0.15, 0.2) is 0 Å². The summed E-state index contributed by atoms with van der Waals surface area (Å²) >= 11 is 1.93. The predicted molar refractivity (Wildman–Crippen MR) is 60.7 cm³/mol. The predicted octanol–water partition coefficient (Wildman–Crippen LogP) is 4.33. The van der Waals surface area contributed by atoms with E-state index in [2.05, 4.69) is 45.0 Å². The molecule has 2 aromatic rings. The number of aryl methyl sites for hydroxylation is 1. The summed E-state index contributed by atoms with van der Waals surface area (Å²) in [7, 11) is 0. The first-order chi connectivity index (χ1) is 6.20. The maximum Gasteiger partial charge on any atom is 0.0348 e. The molecule has 2 rings (SSSR count). The maximum atomic E-state index is 2.26. The van der Waals surface area contributed by atoms with Crippen molar-refractivity contribution < 1.29 is 0 Å². The highest BCUT2D eigenvalue weighted by Gasteiger charge is 2.09. The van der Waals surface area contributed by atoms with Crippen LogP contribution in [0, 0.1) is 6.92 Å². The lowest BCUT2D eigenvalue weighted by atomic mass is 10.1. The fourth-order valence-corrected chi connectivity index (χ4v) is 2.96.